The molecular formula is C13H23N3O6S2. The second-order valence-corrected chi connectivity index (χ2v) is 6.73. The number of amides is 2. The molecule has 0 spiro atoms. The van der Waals surface area contributed by atoms with E-state index in [0.29, 0.717) is 0 Å². The molecular weight excluding hydrogens is 358 g/mol. The van der Waals surface area contributed by atoms with Crippen LogP contribution in [0.15, 0.2) is 0 Å². The van der Waals surface area contributed by atoms with Crippen LogP contribution >= 0.6 is 24.4 Å². The fourth-order valence-corrected chi connectivity index (χ4v) is 2.59. The van der Waals surface area contributed by atoms with Crippen molar-refractivity contribution in [2.24, 2.45) is 11.7 Å². The molecule has 0 fully saturated rings. The predicted molar refractivity (Wildman–Crippen MR) is 93.1 cm³/mol. The minimum absolute atomic E-state index is 0.0126. The van der Waals surface area contributed by atoms with Crippen LogP contribution in [0.2, 0.25) is 0 Å². The van der Waals surface area contributed by atoms with Crippen molar-refractivity contribution in [2.75, 3.05) is 17.3 Å². The summed E-state index contributed by atoms with van der Waals surface area (Å²) in [4.78, 5) is 45.5. The van der Waals surface area contributed by atoms with Gasteiger partial charge in [0.25, 0.3) is 0 Å². The van der Waals surface area contributed by atoms with Gasteiger partial charge in [-0.2, -0.15) is 12.6 Å². The quantitative estimate of drug-likeness (QED) is 0.243. The van der Waals surface area contributed by atoms with Gasteiger partial charge in [0.05, 0.1) is 5.75 Å². The molecule has 0 rings (SSSR count). The number of carboxylic acids is 2. The first kappa shape index (κ1) is 22.5. The van der Waals surface area contributed by atoms with E-state index in [0.717, 1.165) is 11.8 Å². The monoisotopic (exact) mass is 381 g/mol. The molecule has 0 saturated carbocycles. The third-order valence-electron chi connectivity index (χ3n) is 2.91. The fourth-order valence-electron chi connectivity index (χ4n) is 1.55. The number of thiol groups is 1. The Labute approximate surface area is 149 Å². The summed E-state index contributed by atoms with van der Waals surface area (Å²) in [5.74, 6) is -3.84. The van der Waals surface area contributed by atoms with E-state index < -0.39 is 41.9 Å². The second-order valence-electron chi connectivity index (χ2n) is 5.33. The molecule has 2 amide bonds. The van der Waals surface area contributed by atoms with Crippen LogP contribution in [0.1, 0.15) is 13.8 Å². The summed E-state index contributed by atoms with van der Waals surface area (Å²) in [5.41, 5.74) is 5.31. The van der Waals surface area contributed by atoms with Gasteiger partial charge in [-0.15, -0.1) is 11.8 Å². The lowest BCUT2D eigenvalue weighted by Gasteiger charge is -2.22. The van der Waals surface area contributed by atoms with E-state index in [2.05, 4.69) is 23.3 Å². The van der Waals surface area contributed by atoms with E-state index in [1.165, 1.54) is 0 Å². The Bertz CT molecular complexity index is 475. The Morgan fingerprint density at radius 1 is 1.12 bits per heavy atom. The van der Waals surface area contributed by atoms with Gasteiger partial charge in [0.15, 0.2) is 0 Å². The normalized spacial score (nSPS) is 14.5. The summed E-state index contributed by atoms with van der Waals surface area (Å²) < 4.78 is 0. The van der Waals surface area contributed by atoms with Crippen LogP contribution in [-0.2, 0) is 19.2 Å². The Morgan fingerprint density at radius 2 is 1.71 bits per heavy atom. The first-order valence-electron chi connectivity index (χ1n) is 7.09. The molecule has 0 aromatic heterocycles. The topological polar surface area (TPSA) is 159 Å². The van der Waals surface area contributed by atoms with Crippen LogP contribution in [0.3, 0.4) is 0 Å². The van der Waals surface area contributed by atoms with Crippen LogP contribution < -0.4 is 16.4 Å². The van der Waals surface area contributed by atoms with Gasteiger partial charge in [-0.1, -0.05) is 13.8 Å². The molecule has 3 unspecified atom stereocenters. The number of rotatable bonds is 11. The zero-order valence-corrected chi connectivity index (χ0v) is 15.1. The number of carboxylic acid groups (broad SMARTS) is 2. The van der Waals surface area contributed by atoms with Crippen molar-refractivity contribution in [3.8, 4) is 0 Å². The number of hydrogen-bond acceptors (Lipinski definition) is 7. The molecule has 0 heterocycles. The van der Waals surface area contributed by atoms with Gasteiger partial charge in [-0.3, -0.25) is 14.4 Å². The summed E-state index contributed by atoms with van der Waals surface area (Å²) >= 11 is 5.00. The maximum Gasteiger partial charge on any atom is 0.326 e. The maximum atomic E-state index is 12.1. The van der Waals surface area contributed by atoms with Crippen LogP contribution in [0.5, 0.6) is 0 Å². The van der Waals surface area contributed by atoms with Crippen molar-refractivity contribution in [2.45, 2.75) is 32.0 Å². The molecule has 11 heteroatoms. The molecule has 0 aromatic carbocycles. The third kappa shape index (κ3) is 8.41. The minimum atomic E-state index is -1.17. The Balaban J connectivity index is 4.47. The van der Waals surface area contributed by atoms with Crippen molar-refractivity contribution in [3.05, 3.63) is 0 Å². The van der Waals surface area contributed by atoms with Gasteiger partial charge in [-0.25, -0.2) is 4.79 Å². The number of carbonyl (C=O) groups excluding carboxylic acids is 2. The van der Waals surface area contributed by atoms with E-state index in [1.54, 1.807) is 13.8 Å². The highest BCUT2D eigenvalue weighted by Gasteiger charge is 2.27. The Morgan fingerprint density at radius 3 is 2.12 bits per heavy atom. The standard InChI is InChI=1S/C13H23N3O6S2/c1-6(2)10(13(21)22)16-11(18)8(3-23)15-9(17)5-24-4-7(14)12(19)20/h6-8,10,23H,3-5,14H2,1-2H3,(H,15,17)(H,16,18)(H,19,20)(H,21,22). The molecule has 0 bridgehead atoms. The molecule has 0 aliphatic carbocycles. The Hall–Kier alpha value is -1.46. The number of thioether (sulfide) groups is 1. The van der Waals surface area contributed by atoms with E-state index in [-0.39, 0.29) is 23.2 Å². The van der Waals surface area contributed by atoms with Gasteiger partial charge in [0.1, 0.15) is 18.1 Å². The highest BCUT2D eigenvalue weighted by Crippen LogP contribution is 2.04. The van der Waals surface area contributed by atoms with Crippen LogP contribution in [0.4, 0.5) is 0 Å². The van der Waals surface area contributed by atoms with Gasteiger partial charge < -0.3 is 26.6 Å². The van der Waals surface area contributed by atoms with Crippen LogP contribution in [-0.4, -0.2) is 69.4 Å². The average molecular weight is 381 g/mol. The first-order chi connectivity index (χ1) is 11.1. The smallest absolute Gasteiger partial charge is 0.326 e. The number of nitrogens with two attached hydrogens (primary N) is 1. The van der Waals surface area contributed by atoms with E-state index >= 15 is 0 Å². The van der Waals surface area contributed by atoms with Gasteiger partial charge >= 0.3 is 11.9 Å². The fraction of sp³-hybridized carbons (Fsp3) is 0.692. The maximum absolute atomic E-state index is 12.1. The first-order valence-corrected chi connectivity index (χ1v) is 8.88. The van der Waals surface area contributed by atoms with E-state index in [1.807, 2.05) is 0 Å². The van der Waals surface area contributed by atoms with Gasteiger partial charge in [-0.05, 0) is 5.92 Å². The molecule has 0 aromatic rings. The molecule has 0 radical (unpaired) electrons. The van der Waals surface area contributed by atoms with Crippen molar-refractivity contribution >= 4 is 48.1 Å². The number of carbonyl (C=O) groups is 4. The highest BCUT2D eigenvalue weighted by molar-refractivity contribution is 8.00. The van der Waals surface area contributed by atoms with E-state index in [4.69, 9.17) is 15.9 Å². The van der Waals surface area contributed by atoms with Crippen molar-refractivity contribution in [3.63, 3.8) is 0 Å². The zero-order valence-electron chi connectivity index (χ0n) is 13.4. The molecule has 3 atom stereocenters. The van der Waals surface area contributed by atoms with Crippen molar-refractivity contribution < 1.29 is 29.4 Å². The third-order valence-corrected chi connectivity index (χ3v) is 4.34. The summed E-state index contributed by atoms with van der Waals surface area (Å²) in [7, 11) is 0. The van der Waals surface area contributed by atoms with Crippen molar-refractivity contribution in [1.82, 2.24) is 10.6 Å². The molecule has 0 saturated heterocycles. The number of aliphatic carboxylic acids is 2. The average Bonchev–Trinajstić information content (AvgIpc) is 2.48. The Kier molecular flexibility index (Phi) is 10.5. The van der Waals surface area contributed by atoms with Crippen molar-refractivity contribution in [1.29, 1.82) is 0 Å². The summed E-state index contributed by atoms with van der Waals surface area (Å²) in [5, 5.41) is 22.5. The molecule has 138 valence electrons. The molecule has 6 N–H and O–H groups in total. The zero-order chi connectivity index (χ0) is 18.9. The number of nitrogens with one attached hydrogen (secondary N) is 2. The SMILES string of the molecule is CC(C)C(NC(=O)C(CS)NC(=O)CSCC(N)C(=O)O)C(=O)O. The number of hydrogen-bond donors (Lipinski definition) is 6. The predicted octanol–water partition coefficient (Wildman–Crippen LogP) is -1.23. The largest absolute Gasteiger partial charge is 0.480 e. The summed E-state index contributed by atoms with van der Waals surface area (Å²) in [6.07, 6.45) is 0. The lowest BCUT2D eigenvalue weighted by Crippen LogP contribution is -2.54. The second kappa shape index (κ2) is 11.2. The molecule has 24 heavy (non-hydrogen) atoms. The minimum Gasteiger partial charge on any atom is -0.480 e. The van der Waals surface area contributed by atoms with Gasteiger partial charge in [0.2, 0.25) is 11.8 Å². The molecule has 0 aliphatic rings. The molecule has 9 nitrogen and oxygen atoms in total. The molecule has 0 aliphatic heterocycles. The lowest BCUT2D eigenvalue weighted by atomic mass is 10.0. The summed E-state index contributed by atoms with van der Waals surface area (Å²) in [6, 6.07) is -3.14. The highest BCUT2D eigenvalue weighted by atomic mass is 32.2. The van der Waals surface area contributed by atoms with Gasteiger partial charge in [0, 0.05) is 11.5 Å². The summed E-state index contributed by atoms with van der Waals surface area (Å²) in [6.45, 7) is 3.30. The van der Waals surface area contributed by atoms with Crippen LogP contribution in [0.25, 0.3) is 0 Å². The van der Waals surface area contributed by atoms with E-state index in [9.17, 15) is 19.2 Å². The van der Waals surface area contributed by atoms with Crippen LogP contribution in [0, 0.1) is 5.92 Å². The lowest BCUT2D eigenvalue weighted by molar-refractivity contribution is -0.143.